The minimum absolute atomic E-state index is 0.0980. The van der Waals surface area contributed by atoms with Gasteiger partial charge in [-0.2, -0.15) is 0 Å². The van der Waals surface area contributed by atoms with Crippen LogP contribution in [-0.2, 0) is 6.54 Å². The van der Waals surface area contributed by atoms with E-state index < -0.39 is 11.7 Å². The Balaban J connectivity index is 1.96. The quantitative estimate of drug-likeness (QED) is 0.866. The zero-order valence-electron chi connectivity index (χ0n) is 12.2. The number of ether oxygens (including phenoxy) is 1. The second-order valence-corrected chi connectivity index (χ2v) is 5.18. The molecule has 3 nitrogen and oxygen atoms in total. The van der Waals surface area contributed by atoms with E-state index in [0.29, 0.717) is 6.61 Å². The predicted molar refractivity (Wildman–Crippen MR) is 84.8 cm³/mol. The van der Waals surface area contributed by atoms with Crippen LogP contribution in [0, 0.1) is 5.82 Å². The lowest BCUT2D eigenvalue weighted by molar-refractivity contribution is 0.0947. The third-order valence-corrected chi connectivity index (χ3v) is 3.35. The van der Waals surface area contributed by atoms with E-state index in [1.54, 1.807) is 0 Å². The van der Waals surface area contributed by atoms with Gasteiger partial charge >= 0.3 is 0 Å². The molecule has 22 heavy (non-hydrogen) atoms. The van der Waals surface area contributed by atoms with Crippen molar-refractivity contribution in [2.75, 3.05) is 6.61 Å². The average molecular weight is 322 g/mol. The first kappa shape index (κ1) is 16.3. The number of rotatable bonds is 6. The van der Waals surface area contributed by atoms with Gasteiger partial charge in [-0.15, -0.1) is 0 Å². The maximum absolute atomic E-state index is 13.6. The average Bonchev–Trinajstić information content (AvgIpc) is 2.51. The molecule has 0 aliphatic rings. The van der Waals surface area contributed by atoms with Crippen molar-refractivity contribution in [3.8, 4) is 5.75 Å². The van der Waals surface area contributed by atoms with Crippen molar-refractivity contribution in [3.63, 3.8) is 0 Å². The van der Waals surface area contributed by atoms with Crippen LogP contribution in [0.2, 0.25) is 5.02 Å². The number of benzene rings is 2. The molecule has 1 N–H and O–H groups in total. The molecule has 2 aromatic rings. The largest absolute Gasteiger partial charge is 0.494 e. The lowest BCUT2D eigenvalue weighted by atomic mass is 10.1. The van der Waals surface area contributed by atoms with Gasteiger partial charge in [-0.1, -0.05) is 36.7 Å². The van der Waals surface area contributed by atoms with Gasteiger partial charge in [-0.25, -0.2) is 4.39 Å². The first-order chi connectivity index (χ1) is 10.6. The topological polar surface area (TPSA) is 38.3 Å². The Hall–Kier alpha value is -2.07. The molecule has 0 spiro atoms. The van der Waals surface area contributed by atoms with Crippen molar-refractivity contribution in [1.29, 1.82) is 0 Å². The molecule has 0 aliphatic heterocycles. The minimum Gasteiger partial charge on any atom is -0.494 e. The van der Waals surface area contributed by atoms with Crippen molar-refractivity contribution < 1.29 is 13.9 Å². The molecule has 116 valence electrons. The highest BCUT2D eigenvalue weighted by Crippen LogP contribution is 2.19. The summed E-state index contributed by atoms with van der Waals surface area (Å²) < 4.78 is 19.1. The van der Waals surface area contributed by atoms with Crippen LogP contribution >= 0.6 is 11.6 Å². The summed E-state index contributed by atoms with van der Waals surface area (Å²) in [5, 5.41) is 2.75. The molecular formula is C17H17ClFNO2. The summed E-state index contributed by atoms with van der Waals surface area (Å²) in [5.74, 6) is -0.378. The monoisotopic (exact) mass is 321 g/mol. The van der Waals surface area contributed by atoms with E-state index in [1.807, 2.05) is 31.2 Å². The van der Waals surface area contributed by atoms with E-state index in [9.17, 15) is 9.18 Å². The number of amides is 1. The summed E-state index contributed by atoms with van der Waals surface area (Å²) in [7, 11) is 0. The zero-order chi connectivity index (χ0) is 15.9. The number of halogens is 2. The summed E-state index contributed by atoms with van der Waals surface area (Å²) in [6, 6.07) is 11.5. The molecule has 0 saturated carbocycles. The SMILES string of the molecule is CCCOc1ccc(CNC(=O)c2c(F)cccc2Cl)cc1. The van der Waals surface area contributed by atoms with E-state index in [-0.39, 0.29) is 17.1 Å². The fraction of sp³-hybridized carbons (Fsp3) is 0.235. The number of carbonyl (C=O) groups is 1. The Kier molecular flexibility index (Phi) is 5.78. The van der Waals surface area contributed by atoms with Gasteiger partial charge in [-0.05, 0) is 36.2 Å². The normalized spacial score (nSPS) is 10.3. The van der Waals surface area contributed by atoms with Crippen molar-refractivity contribution in [2.45, 2.75) is 19.9 Å². The van der Waals surface area contributed by atoms with Gasteiger partial charge in [0.05, 0.1) is 17.2 Å². The number of nitrogens with one attached hydrogen (secondary N) is 1. The minimum atomic E-state index is -0.631. The lowest BCUT2D eigenvalue weighted by Gasteiger charge is -2.09. The number of hydrogen-bond donors (Lipinski definition) is 1. The highest BCUT2D eigenvalue weighted by Gasteiger charge is 2.15. The van der Waals surface area contributed by atoms with Crippen LogP contribution in [0.4, 0.5) is 4.39 Å². The second kappa shape index (κ2) is 7.80. The van der Waals surface area contributed by atoms with Crippen molar-refractivity contribution in [2.24, 2.45) is 0 Å². The van der Waals surface area contributed by atoms with Crippen LogP contribution < -0.4 is 10.1 Å². The predicted octanol–water partition coefficient (Wildman–Crippen LogP) is 4.20. The Morgan fingerprint density at radius 1 is 1.23 bits per heavy atom. The smallest absolute Gasteiger partial charge is 0.256 e. The molecule has 2 rings (SSSR count). The molecule has 0 bridgehead atoms. The third-order valence-electron chi connectivity index (χ3n) is 3.04. The molecule has 0 saturated heterocycles. The molecule has 0 heterocycles. The Labute approximate surface area is 134 Å². The molecule has 1 amide bonds. The molecule has 2 aromatic carbocycles. The van der Waals surface area contributed by atoms with E-state index in [4.69, 9.17) is 16.3 Å². The molecular weight excluding hydrogens is 305 g/mol. The van der Waals surface area contributed by atoms with Crippen LogP contribution in [0.3, 0.4) is 0 Å². The Bertz CT molecular complexity index is 623. The van der Waals surface area contributed by atoms with Gasteiger partial charge < -0.3 is 10.1 Å². The lowest BCUT2D eigenvalue weighted by Crippen LogP contribution is -2.24. The molecule has 0 unspecified atom stereocenters. The zero-order valence-corrected chi connectivity index (χ0v) is 13.0. The summed E-state index contributed by atoms with van der Waals surface area (Å²) in [5.41, 5.74) is 0.761. The van der Waals surface area contributed by atoms with Crippen LogP contribution in [0.15, 0.2) is 42.5 Å². The van der Waals surface area contributed by atoms with Crippen molar-refractivity contribution in [3.05, 3.63) is 64.4 Å². The van der Waals surface area contributed by atoms with Crippen LogP contribution in [0.25, 0.3) is 0 Å². The summed E-state index contributed by atoms with van der Waals surface area (Å²) in [6.45, 7) is 3.00. The molecule has 0 fully saturated rings. The first-order valence-corrected chi connectivity index (χ1v) is 7.43. The highest BCUT2D eigenvalue weighted by molar-refractivity contribution is 6.33. The van der Waals surface area contributed by atoms with Gasteiger partial charge in [0.15, 0.2) is 0 Å². The fourth-order valence-corrected chi connectivity index (χ4v) is 2.16. The molecule has 0 atom stereocenters. The third kappa shape index (κ3) is 4.21. The number of carbonyl (C=O) groups excluding carboxylic acids is 1. The highest BCUT2D eigenvalue weighted by atomic mass is 35.5. The molecule has 5 heteroatoms. The summed E-state index contributed by atoms with van der Waals surface area (Å²) >= 11 is 5.86. The molecule has 0 aromatic heterocycles. The van der Waals surface area contributed by atoms with Gasteiger partial charge in [0.25, 0.3) is 5.91 Å². The maximum atomic E-state index is 13.6. The summed E-state index contributed by atoms with van der Waals surface area (Å²) in [4.78, 5) is 12.0. The van der Waals surface area contributed by atoms with E-state index in [0.717, 1.165) is 17.7 Å². The van der Waals surface area contributed by atoms with E-state index in [1.165, 1.54) is 18.2 Å². The summed E-state index contributed by atoms with van der Waals surface area (Å²) in [6.07, 6.45) is 0.946. The Morgan fingerprint density at radius 2 is 1.95 bits per heavy atom. The van der Waals surface area contributed by atoms with Gasteiger partial charge in [0, 0.05) is 6.54 Å². The van der Waals surface area contributed by atoms with Crippen LogP contribution in [-0.4, -0.2) is 12.5 Å². The molecule has 0 aliphatic carbocycles. The van der Waals surface area contributed by atoms with Crippen LogP contribution in [0.1, 0.15) is 29.3 Å². The van der Waals surface area contributed by atoms with E-state index in [2.05, 4.69) is 5.32 Å². The first-order valence-electron chi connectivity index (χ1n) is 7.05. The fourth-order valence-electron chi connectivity index (χ4n) is 1.91. The maximum Gasteiger partial charge on any atom is 0.256 e. The van der Waals surface area contributed by atoms with Crippen molar-refractivity contribution >= 4 is 17.5 Å². The van der Waals surface area contributed by atoms with Gasteiger partial charge in [0.2, 0.25) is 0 Å². The van der Waals surface area contributed by atoms with Crippen molar-refractivity contribution in [1.82, 2.24) is 5.32 Å². The van der Waals surface area contributed by atoms with E-state index >= 15 is 0 Å². The standard InChI is InChI=1S/C17H17ClFNO2/c1-2-10-22-13-8-6-12(7-9-13)11-20-17(21)16-14(18)4-3-5-15(16)19/h3-9H,2,10-11H2,1H3,(H,20,21). The Morgan fingerprint density at radius 3 is 2.59 bits per heavy atom. The van der Waals surface area contributed by atoms with Gasteiger partial charge in [0.1, 0.15) is 11.6 Å². The molecule has 0 radical (unpaired) electrons. The second-order valence-electron chi connectivity index (χ2n) is 4.77. The van der Waals surface area contributed by atoms with Gasteiger partial charge in [-0.3, -0.25) is 4.79 Å². The van der Waals surface area contributed by atoms with Crippen LogP contribution in [0.5, 0.6) is 5.75 Å². The number of hydrogen-bond acceptors (Lipinski definition) is 2.